The van der Waals surface area contributed by atoms with Gasteiger partial charge < -0.3 is 24.6 Å². The summed E-state index contributed by atoms with van der Waals surface area (Å²) in [5, 5.41) is 14.3. The Labute approximate surface area is 260 Å². The number of ether oxygens (including phenoxy) is 1. The summed E-state index contributed by atoms with van der Waals surface area (Å²) in [5.74, 6) is 0.248. The first-order valence-corrected chi connectivity index (χ1v) is 16.2. The monoisotopic (exact) mass is 608 g/mol. The molecule has 2 fully saturated rings. The summed E-state index contributed by atoms with van der Waals surface area (Å²) in [5.41, 5.74) is 6.87. The van der Waals surface area contributed by atoms with E-state index >= 15 is 0 Å². The van der Waals surface area contributed by atoms with Crippen molar-refractivity contribution in [3.8, 4) is 28.3 Å². The highest BCUT2D eigenvalue weighted by Crippen LogP contribution is 2.47. The second-order valence-corrected chi connectivity index (χ2v) is 12.8. The van der Waals surface area contributed by atoms with Crippen LogP contribution in [-0.2, 0) is 11.3 Å². The molecule has 226 valence electrons. The van der Waals surface area contributed by atoms with E-state index in [0.29, 0.717) is 23.9 Å². The van der Waals surface area contributed by atoms with Gasteiger partial charge in [0.15, 0.2) is 0 Å². The summed E-state index contributed by atoms with van der Waals surface area (Å²) < 4.78 is 8.52. The molecule has 5 aromatic rings. The lowest BCUT2D eigenvalue weighted by molar-refractivity contribution is -0.132. The first kappa shape index (κ1) is 28.6. The molecule has 0 radical (unpaired) electrons. The molecule has 3 aromatic heterocycles. The third kappa shape index (κ3) is 5.35. The first-order chi connectivity index (χ1) is 21.5. The van der Waals surface area contributed by atoms with E-state index in [1.165, 1.54) is 23.3 Å². The highest BCUT2D eigenvalue weighted by atomic mass is 32.1. The topological polar surface area (TPSA) is 96.7 Å². The summed E-state index contributed by atoms with van der Waals surface area (Å²) in [7, 11) is 1.66. The molecule has 9 heteroatoms. The van der Waals surface area contributed by atoms with Gasteiger partial charge in [0.1, 0.15) is 17.2 Å². The van der Waals surface area contributed by atoms with Crippen molar-refractivity contribution in [2.75, 3.05) is 33.3 Å². The molecule has 1 saturated carbocycles. The molecule has 7 rings (SSSR count). The van der Waals surface area contributed by atoms with Crippen LogP contribution in [0.15, 0.2) is 60.7 Å². The molecule has 2 N–H and O–H groups in total. The van der Waals surface area contributed by atoms with E-state index in [9.17, 15) is 14.7 Å². The molecule has 1 aliphatic heterocycles. The van der Waals surface area contributed by atoms with Crippen LogP contribution in [0.25, 0.3) is 43.6 Å². The van der Waals surface area contributed by atoms with E-state index in [-0.39, 0.29) is 12.5 Å². The fraction of sp³-hybridized carbons (Fsp3) is 0.343. The second kappa shape index (κ2) is 12.1. The molecular formula is C35H36N4O4S. The number of aromatic nitrogens is 2. The Kier molecular flexibility index (Phi) is 7.82. The summed E-state index contributed by atoms with van der Waals surface area (Å²) in [4.78, 5) is 33.0. The van der Waals surface area contributed by atoms with Crippen LogP contribution in [0, 0.1) is 0 Å². The Morgan fingerprint density at radius 2 is 1.82 bits per heavy atom. The van der Waals surface area contributed by atoms with Crippen LogP contribution in [0.5, 0.6) is 5.75 Å². The number of benzene rings is 2. The third-order valence-electron chi connectivity index (χ3n) is 9.09. The van der Waals surface area contributed by atoms with Gasteiger partial charge >= 0.3 is 5.97 Å². The molecule has 2 aromatic carbocycles. The van der Waals surface area contributed by atoms with Gasteiger partial charge in [0.2, 0.25) is 5.91 Å². The van der Waals surface area contributed by atoms with Gasteiger partial charge in [0, 0.05) is 37.1 Å². The zero-order chi connectivity index (χ0) is 30.2. The van der Waals surface area contributed by atoms with Crippen molar-refractivity contribution in [3.05, 3.63) is 71.1 Å². The number of hydrogen-bond acceptors (Lipinski definition) is 6. The van der Waals surface area contributed by atoms with Crippen LogP contribution in [-0.4, -0.2) is 64.7 Å². The summed E-state index contributed by atoms with van der Waals surface area (Å²) >= 11 is 1.35. The van der Waals surface area contributed by atoms with Gasteiger partial charge in [-0.3, -0.25) is 4.79 Å². The number of amides is 1. The molecule has 8 nitrogen and oxygen atoms in total. The van der Waals surface area contributed by atoms with Gasteiger partial charge in [-0.15, -0.1) is 11.3 Å². The molecule has 4 heterocycles. The number of carbonyl (C=O) groups is 2. The predicted molar refractivity (Wildman–Crippen MR) is 175 cm³/mol. The number of carbonyl (C=O) groups excluding carboxylic acids is 1. The van der Waals surface area contributed by atoms with Crippen molar-refractivity contribution in [1.29, 1.82) is 0 Å². The Hall–Kier alpha value is -4.21. The SMILES string of the molecule is COc1cccc(-c2ccc3cc(-c4c(C5CCCCC5)c5sc(C(=O)O)cc5n4CC(=O)N4CCNCC4)ccc3n2)c1. The molecule has 0 spiro atoms. The number of aromatic carboxylic acids is 1. The molecule has 44 heavy (non-hydrogen) atoms. The third-order valence-corrected chi connectivity index (χ3v) is 10.2. The maximum atomic E-state index is 13.7. The minimum Gasteiger partial charge on any atom is -0.497 e. The molecule has 1 aliphatic carbocycles. The number of methoxy groups -OCH3 is 1. The lowest BCUT2D eigenvalue weighted by atomic mass is 9.83. The van der Waals surface area contributed by atoms with Gasteiger partial charge in [0.25, 0.3) is 0 Å². The normalized spacial score (nSPS) is 16.1. The summed E-state index contributed by atoms with van der Waals surface area (Å²) in [6, 6.07) is 20.2. The summed E-state index contributed by atoms with van der Waals surface area (Å²) in [6.45, 7) is 3.10. The van der Waals surface area contributed by atoms with Crippen LogP contribution >= 0.6 is 11.3 Å². The fourth-order valence-corrected chi connectivity index (χ4v) is 7.99. The van der Waals surface area contributed by atoms with Crippen LogP contribution in [0.4, 0.5) is 0 Å². The van der Waals surface area contributed by atoms with Crippen molar-refractivity contribution in [2.45, 2.75) is 44.6 Å². The Balaban J connectivity index is 1.37. The maximum absolute atomic E-state index is 13.7. The number of rotatable bonds is 7. The average Bonchev–Trinajstić information content (AvgIpc) is 3.63. The average molecular weight is 609 g/mol. The number of piperazine rings is 1. The number of carboxylic acids is 1. The zero-order valence-corrected chi connectivity index (χ0v) is 25.7. The molecule has 2 aliphatic rings. The van der Waals surface area contributed by atoms with E-state index in [1.807, 2.05) is 35.2 Å². The van der Waals surface area contributed by atoms with Gasteiger partial charge in [-0.1, -0.05) is 43.5 Å². The molecule has 0 atom stereocenters. The highest BCUT2D eigenvalue weighted by Gasteiger charge is 2.30. The fourth-order valence-electron chi connectivity index (χ4n) is 6.86. The molecular weight excluding hydrogens is 572 g/mol. The molecule has 1 amide bonds. The van der Waals surface area contributed by atoms with Crippen molar-refractivity contribution in [3.63, 3.8) is 0 Å². The quantitative estimate of drug-likeness (QED) is 0.212. The van der Waals surface area contributed by atoms with Crippen LogP contribution < -0.4 is 10.1 Å². The van der Waals surface area contributed by atoms with Crippen molar-refractivity contribution < 1.29 is 19.4 Å². The molecule has 0 unspecified atom stereocenters. The number of nitrogens with zero attached hydrogens (tertiary/aromatic N) is 3. The lowest BCUT2D eigenvalue weighted by Gasteiger charge is -2.28. The largest absolute Gasteiger partial charge is 0.497 e. The number of nitrogens with one attached hydrogen (secondary N) is 1. The number of carboxylic acid groups (broad SMARTS) is 1. The standard InChI is InChI=1S/C35H36N4O4S/c1-43-26-9-5-8-23(19-26)27-12-10-24-18-25(11-13-28(24)37-27)33-32(22-6-3-2-4-7-22)34-29(20-30(44-34)35(41)42)39(33)21-31(40)38-16-14-36-15-17-38/h5,8-13,18-20,22,36H,2-4,6-7,14-17,21H2,1H3,(H,41,42). The van der Waals surface area contributed by atoms with E-state index in [2.05, 4.69) is 34.1 Å². The lowest BCUT2D eigenvalue weighted by Crippen LogP contribution is -2.47. The van der Waals surface area contributed by atoms with Crippen LogP contribution in [0.1, 0.15) is 53.3 Å². The molecule has 0 bridgehead atoms. The minimum atomic E-state index is -0.925. The zero-order valence-electron chi connectivity index (χ0n) is 24.8. The van der Waals surface area contributed by atoms with Gasteiger partial charge in [-0.25, -0.2) is 9.78 Å². The van der Waals surface area contributed by atoms with Gasteiger partial charge in [0.05, 0.1) is 34.2 Å². The number of hydrogen-bond donors (Lipinski definition) is 2. The maximum Gasteiger partial charge on any atom is 0.345 e. The van der Waals surface area contributed by atoms with Crippen molar-refractivity contribution in [1.82, 2.24) is 19.8 Å². The van der Waals surface area contributed by atoms with Crippen LogP contribution in [0.3, 0.4) is 0 Å². The Bertz CT molecular complexity index is 1860. The van der Waals surface area contributed by atoms with Gasteiger partial charge in [-0.05, 0) is 66.3 Å². The summed E-state index contributed by atoms with van der Waals surface area (Å²) in [6.07, 6.45) is 5.66. The number of thiophene rings is 1. The first-order valence-electron chi connectivity index (χ1n) is 15.4. The predicted octanol–water partition coefficient (Wildman–Crippen LogP) is 6.77. The van der Waals surface area contributed by atoms with Crippen LogP contribution in [0.2, 0.25) is 0 Å². The highest BCUT2D eigenvalue weighted by molar-refractivity contribution is 7.21. The van der Waals surface area contributed by atoms with E-state index in [4.69, 9.17) is 9.72 Å². The van der Waals surface area contributed by atoms with Crippen molar-refractivity contribution >= 4 is 44.3 Å². The Morgan fingerprint density at radius 3 is 2.59 bits per heavy atom. The van der Waals surface area contributed by atoms with E-state index in [0.717, 1.165) is 88.2 Å². The molecule has 1 saturated heterocycles. The number of pyridine rings is 1. The van der Waals surface area contributed by atoms with E-state index < -0.39 is 5.97 Å². The van der Waals surface area contributed by atoms with E-state index in [1.54, 1.807) is 13.2 Å². The smallest absolute Gasteiger partial charge is 0.345 e. The minimum absolute atomic E-state index is 0.0632. The Morgan fingerprint density at radius 1 is 1.00 bits per heavy atom. The second-order valence-electron chi connectivity index (χ2n) is 11.8. The van der Waals surface area contributed by atoms with Gasteiger partial charge in [-0.2, -0.15) is 0 Å². The van der Waals surface area contributed by atoms with Crippen molar-refractivity contribution in [2.24, 2.45) is 0 Å². The number of fused-ring (bicyclic) bond motifs is 2.